The molecule has 0 unspecified atom stereocenters. The number of benzene rings is 2. The number of hydrazine groups is 1. The van der Waals surface area contributed by atoms with Crippen LogP contribution >= 0.6 is 0 Å². The molecular weight excluding hydrogens is 372 g/mol. The van der Waals surface area contributed by atoms with E-state index in [0.717, 1.165) is 11.1 Å². The summed E-state index contributed by atoms with van der Waals surface area (Å²) in [4.78, 5) is 3.84. The molecule has 142 valence electrons. The maximum Gasteiger partial charge on any atom is 0.254 e. The molecular formula is C18H24N2O4S2. The van der Waals surface area contributed by atoms with Crippen LogP contribution in [0.4, 0.5) is 0 Å². The molecule has 0 radical (unpaired) electrons. The van der Waals surface area contributed by atoms with Crippen molar-refractivity contribution >= 4 is 20.0 Å². The van der Waals surface area contributed by atoms with E-state index in [2.05, 4.69) is 0 Å². The SMILES string of the molecule is CC(C)c1ccc(S(=O)(=O)NNS(=O)(=O)c2ccc(C(C)C)cc2)cc1. The van der Waals surface area contributed by atoms with E-state index >= 15 is 0 Å². The Hall–Kier alpha value is -1.74. The second kappa shape index (κ2) is 7.87. The predicted octanol–water partition coefficient (Wildman–Crippen LogP) is 3.11. The third-order valence-corrected chi connectivity index (χ3v) is 6.68. The maximum absolute atomic E-state index is 12.3. The van der Waals surface area contributed by atoms with Crippen LogP contribution in [0.1, 0.15) is 50.7 Å². The van der Waals surface area contributed by atoms with Gasteiger partial charge in [0, 0.05) is 0 Å². The molecule has 0 heterocycles. The lowest BCUT2D eigenvalue weighted by Gasteiger charge is -2.11. The number of nitrogens with one attached hydrogen (secondary N) is 2. The van der Waals surface area contributed by atoms with Gasteiger partial charge >= 0.3 is 0 Å². The summed E-state index contributed by atoms with van der Waals surface area (Å²) < 4.78 is 49.2. The Balaban J connectivity index is 2.14. The van der Waals surface area contributed by atoms with Gasteiger partial charge in [0.25, 0.3) is 20.0 Å². The molecule has 0 spiro atoms. The Morgan fingerprint density at radius 1 is 0.577 bits per heavy atom. The Kier molecular flexibility index (Phi) is 6.23. The highest BCUT2D eigenvalue weighted by Gasteiger charge is 2.20. The van der Waals surface area contributed by atoms with Crippen LogP contribution in [0.3, 0.4) is 0 Å². The van der Waals surface area contributed by atoms with Crippen molar-refractivity contribution in [1.29, 1.82) is 0 Å². The minimum atomic E-state index is -4.01. The number of hydrogen-bond acceptors (Lipinski definition) is 4. The third kappa shape index (κ3) is 4.91. The molecule has 0 aliphatic carbocycles. The van der Waals surface area contributed by atoms with Crippen LogP contribution in [0.2, 0.25) is 0 Å². The summed E-state index contributed by atoms with van der Waals surface area (Å²) in [7, 11) is -8.01. The highest BCUT2D eigenvalue weighted by molar-refractivity contribution is 7.92. The van der Waals surface area contributed by atoms with E-state index in [1.54, 1.807) is 24.3 Å². The van der Waals surface area contributed by atoms with Gasteiger partial charge in [-0.15, -0.1) is 9.66 Å². The van der Waals surface area contributed by atoms with Crippen LogP contribution in [0, 0.1) is 0 Å². The van der Waals surface area contributed by atoms with Gasteiger partial charge in [-0.05, 0) is 47.2 Å². The molecule has 0 amide bonds. The van der Waals surface area contributed by atoms with Crippen LogP contribution < -0.4 is 9.66 Å². The first kappa shape index (κ1) is 20.6. The Bertz CT molecular complexity index is 866. The molecule has 0 saturated carbocycles. The lowest BCUT2D eigenvalue weighted by Crippen LogP contribution is -2.41. The summed E-state index contributed by atoms with van der Waals surface area (Å²) in [5, 5.41) is 0. The molecule has 8 heteroatoms. The van der Waals surface area contributed by atoms with Crippen molar-refractivity contribution < 1.29 is 16.8 Å². The topological polar surface area (TPSA) is 92.3 Å². The van der Waals surface area contributed by atoms with Crippen LogP contribution in [0.25, 0.3) is 0 Å². The molecule has 0 aromatic heterocycles. The van der Waals surface area contributed by atoms with Crippen LogP contribution in [-0.4, -0.2) is 16.8 Å². The van der Waals surface area contributed by atoms with Gasteiger partial charge in [-0.3, -0.25) is 0 Å². The van der Waals surface area contributed by atoms with Crippen LogP contribution in [0.5, 0.6) is 0 Å². The Labute approximate surface area is 155 Å². The molecule has 0 bridgehead atoms. The van der Waals surface area contributed by atoms with Crippen molar-refractivity contribution in [3.05, 3.63) is 59.7 Å². The van der Waals surface area contributed by atoms with E-state index < -0.39 is 20.0 Å². The highest BCUT2D eigenvalue weighted by Crippen LogP contribution is 2.18. The molecule has 2 aromatic rings. The first-order valence-corrected chi connectivity index (χ1v) is 11.2. The van der Waals surface area contributed by atoms with E-state index in [4.69, 9.17) is 0 Å². The highest BCUT2D eigenvalue weighted by atomic mass is 32.2. The van der Waals surface area contributed by atoms with Crippen molar-refractivity contribution in [2.45, 2.75) is 49.3 Å². The molecule has 2 aromatic carbocycles. The first-order chi connectivity index (χ1) is 12.0. The van der Waals surface area contributed by atoms with Crippen molar-refractivity contribution in [3.63, 3.8) is 0 Å². The van der Waals surface area contributed by atoms with Crippen molar-refractivity contribution in [1.82, 2.24) is 9.66 Å². The molecule has 0 aliphatic heterocycles. The summed E-state index contributed by atoms with van der Waals surface area (Å²) >= 11 is 0. The van der Waals surface area contributed by atoms with Crippen molar-refractivity contribution in [2.75, 3.05) is 0 Å². The summed E-state index contributed by atoms with van der Waals surface area (Å²) in [5.41, 5.74) is 1.99. The largest absolute Gasteiger partial charge is 0.254 e. The van der Waals surface area contributed by atoms with Crippen LogP contribution in [-0.2, 0) is 20.0 Å². The van der Waals surface area contributed by atoms with Crippen molar-refractivity contribution in [2.24, 2.45) is 0 Å². The molecule has 0 aliphatic rings. The zero-order valence-electron chi connectivity index (χ0n) is 15.2. The van der Waals surface area contributed by atoms with Gasteiger partial charge < -0.3 is 0 Å². The fourth-order valence-electron chi connectivity index (χ4n) is 2.29. The van der Waals surface area contributed by atoms with Gasteiger partial charge in [0.15, 0.2) is 0 Å². The van der Waals surface area contributed by atoms with Crippen molar-refractivity contribution in [3.8, 4) is 0 Å². The monoisotopic (exact) mass is 396 g/mol. The summed E-state index contributed by atoms with van der Waals surface area (Å²) in [5.74, 6) is 0.541. The molecule has 0 atom stereocenters. The van der Waals surface area contributed by atoms with Crippen LogP contribution in [0.15, 0.2) is 58.3 Å². The fraction of sp³-hybridized carbons (Fsp3) is 0.333. The lowest BCUT2D eigenvalue weighted by molar-refractivity contribution is 0.557. The average molecular weight is 397 g/mol. The quantitative estimate of drug-likeness (QED) is 0.704. The second-order valence-corrected chi connectivity index (χ2v) is 10.0. The van der Waals surface area contributed by atoms with Gasteiger partial charge in [-0.1, -0.05) is 52.0 Å². The van der Waals surface area contributed by atoms with Gasteiger partial charge in [-0.25, -0.2) is 16.8 Å². The summed E-state index contributed by atoms with van der Waals surface area (Å²) in [6.45, 7) is 8.00. The smallest absolute Gasteiger partial charge is 0.206 e. The molecule has 6 nitrogen and oxygen atoms in total. The maximum atomic E-state index is 12.3. The molecule has 0 saturated heterocycles. The molecule has 2 N–H and O–H groups in total. The normalized spacial score (nSPS) is 12.7. The summed E-state index contributed by atoms with van der Waals surface area (Å²) in [6, 6.07) is 12.6. The zero-order valence-corrected chi connectivity index (χ0v) is 16.9. The van der Waals surface area contributed by atoms with Gasteiger partial charge in [0.1, 0.15) is 0 Å². The van der Waals surface area contributed by atoms with Gasteiger partial charge in [-0.2, -0.15) is 0 Å². The third-order valence-electron chi connectivity index (χ3n) is 4.02. The van der Waals surface area contributed by atoms with E-state index in [1.807, 2.05) is 37.4 Å². The molecule has 0 fully saturated rings. The standard InChI is InChI=1S/C18H24N2O4S2/c1-13(2)15-5-9-17(10-6-15)25(21,22)19-20-26(23,24)18-11-7-16(8-12-18)14(3)4/h5-14,19-20H,1-4H3. The number of hydrogen-bond donors (Lipinski definition) is 2. The van der Waals surface area contributed by atoms with Gasteiger partial charge in [0.05, 0.1) is 9.79 Å². The van der Waals surface area contributed by atoms with E-state index in [-0.39, 0.29) is 21.6 Å². The van der Waals surface area contributed by atoms with E-state index in [1.165, 1.54) is 24.3 Å². The zero-order chi connectivity index (χ0) is 19.5. The van der Waals surface area contributed by atoms with E-state index in [9.17, 15) is 16.8 Å². The first-order valence-electron chi connectivity index (χ1n) is 8.26. The Morgan fingerprint density at radius 2 is 0.846 bits per heavy atom. The lowest BCUT2D eigenvalue weighted by atomic mass is 10.0. The van der Waals surface area contributed by atoms with Gasteiger partial charge in [0.2, 0.25) is 0 Å². The molecule has 2 rings (SSSR count). The average Bonchev–Trinajstić information content (AvgIpc) is 2.60. The molecule has 26 heavy (non-hydrogen) atoms. The fourth-order valence-corrected chi connectivity index (χ4v) is 4.39. The Morgan fingerprint density at radius 3 is 1.08 bits per heavy atom. The minimum absolute atomic E-state index is 0.0141. The predicted molar refractivity (Wildman–Crippen MR) is 102 cm³/mol. The second-order valence-electron chi connectivity index (χ2n) is 6.66. The van der Waals surface area contributed by atoms with E-state index in [0.29, 0.717) is 0 Å². The summed E-state index contributed by atoms with van der Waals surface area (Å²) in [6.07, 6.45) is 0. The number of rotatable bonds is 7. The number of sulfonamides is 2. The minimum Gasteiger partial charge on any atom is -0.206 e.